The summed E-state index contributed by atoms with van der Waals surface area (Å²) in [6, 6.07) is -1.17. The van der Waals surface area contributed by atoms with E-state index in [2.05, 4.69) is 10.6 Å². The molecule has 2 atom stereocenters. The smallest absolute Gasteiger partial charge is 0.326 e. The summed E-state index contributed by atoms with van der Waals surface area (Å²) in [5.74, 6) is -1.05. The fourth-order valence-electron chi connectivity index (χ4n) is 2.27. The number of urea groups is 1. The van der Waals surface area contributed by atoms with Crippen LogP contribution in [0.2, 0.25) is 0 Å². The normalized spacial score (nSPS) is 20.4. The van der Waals surface area contributed by atoms with Crippen LogP contribution in [0, 0.1) is 5.92 Å². The maximum atomic E-state index is 11.9. The predicted octanol–water partition coefficient (Wildman–Crippen LogP) is 2.12. The first-order valence-electron chi connectivity index (χ1n) is 6.75. The lowest BCUT2D eigenvalue weighted by Crippen LogP contribution is -2.58. The van der Waals surface area contributed by atoms with E-state index in [1.54, 1.807) is 0 Å². The summed E-state index contributed by atoms with van der Waals surface area (Å²) in [7, 11) is 0. The molecule has 1 aliphatic carbocycles. The SMILES string of the molecule is CCC(C)C(NC(=O)NC1(CC)CCC1)C(=O)O. The molecule has 3 N–H and O–H groups in total. The average molecular weight is 256 g/mol. The van der Waals surface area contributed by atoms with Crippen LogP contribution in [0.4, 0.5) is 4.79 Å². The third-order valence-corrected chi connectivity index (χ3v) is 4.13. The van der Waals surface area contributed by atoms with Gasteiger partial charge in [-0.3, -0.25) is 0 Å². The second kappa shape index (κ2) is 6.07. The Hall–Kier alpha value is -1.26. The maximum Gasteiger partial charge on any atom is 0.326 e. The van der Waals surface area contributed by atoms with Crippen molar-refractivity contribution < 1.29 is 14.7 Å². The molecule has 1 fully saturated rings. The van der Waals surface area contributed by atoms with Crippen LogP contribution in [0.3, 0.4) is 0 Å². The van der Waals surface area contributed by atoms with Gasteiger partial charge in [0.05, 0.1) is 0 Å². The number of nitrogens with one attached hydrogen (secondary N) is 2. The topological polar surface area (TPSA) is 78.4 Å². The van der Waals surface area contributed by atoms with Crippen molar-refractivity contribution in [3.8, 4) is 0 Å². The molecule has 1 aliphatic rings. The minimum absolute atomic E-state index is 0.0767. The highest BCUT2D eigenvalue weighted by Crippen LogP contribution is 2.34. The minimum Gasteiger partial charge on any atom is -0.480 e. The summed E-state index contributed by atoms with van der Waals surface area (Å²) >= 11 is 0. The maximum absolute atomic E-state index is 11.9. The van der Waals surface area contributed by atoms with Gasteiger partial charge in [-0.25, -0.2) is 9.59 Å². The van der Waals surface area contributed by atoms with E-state index in [0.29, 0.717) is 0 Å². The van der Waals surface area contributed by atoms with Crippen LogP contribution >= 0.6 is 0 Å². The van der Waals surface area contributed by atoms with Gasteiger partial charge in [0.1, 0.15) is 6.04 Å². The fourth-order valence-corrected chi connectivity index (χ4v) is 2.27. The average Bonchev–Trinajstić information content (AvgIpc) is 2.29. The molecule has 0 aromatic rings. The number of aliphatic carboxylic acids is 1. The number of carboxylic acid groups (broad SMARTS) is 1. The first-order valence-corrected chi connectivity index (χ1v) is 6.75. The molecular formula is C13H24N2O3. The van der Waals surface area contributed by atoms with Gasteiger partial charge in [0.25, 0.3) is 0 Å². The van der Waals surface area contributed by atoms with Gasteiger partial charge >= 0.3 is 12.0 Å². The van der Waals surface area contributed by atoms with Crippen molar-refractivity contribution in [2.45, 2.75) is 64.5 Å². The van der Waals surface area contributed by atoms with E-state index in [1.807, 2.05) is 20.8 Å². The Morgan fingerprint density at radius 2 is 1.94 bits per heavy atom. The molecule has 1 saturated carbocycles. The van der Waals surface area contributed by atoms with Crippen LogP contribution in [0.15, 0.2) is 0 Å². The van der Waals surface area contributed by atoms with E-state index in [4.69, 9.17) is 5.11 Å². The number of hydrogen-bond donors (Lipinski definition) is 3. The van der Waals surface area contributed by atoms with Gasteiger partial charge < -0.3 is 15.7 Å². The molecule has 0 aromatic heterocycles. The van der Waals surface area contributed by atoms with Crippen LogP contribution < -0.4 is 10.6 Å². The Kier molecular flexibility index (Phi) is 4.99. The molecule has 2 unspecified atom stereocenters. The molecule has 104 valence electrons. The Morgan fingerprint density at radius 1 is 1.33 bits per heavy atom. The van der Waals surface area contributed by atoms with E-state index in [-0.39, 0.29) is 17.5 Å². The van der Waals surface area contributed by atoms with Crippen molar-refractivity contribution in [1.29, 1.82) is 0 Å². The van der Waals surface area contributed by atoms with Crippen LogP contribution in [-0.4, -0.2) is 28.7 Å². The first kappa shape index (κ1) is 14.8. The molecule has 0 aliphatic heterocycles. The largest absolute Gasteiger partial charge is 0.480 e. The zero-order valence-corrected chi connectivity index (χ0v) is 11.5. The van der Waals surface area contributed by atoms with Crippen molar-refractivity contribution in [1.82, 2.24) is 10.6 Å². The van der Waals surface area contributed by atoms with E-state index in [0.717, 1.165) is 32.1 Å². The number of carbonyl (C=O) groups excluding carboxylic acids is 1. The highest BCUT2D eigenvalue weighted by atomic mass is 16.4. The molecule has 0 radical (unpaired) electrons. The molecule has 5 heteroatoms. The Balaban J connectivity index is 2.53. The van der Waals surface area contributed by atoms with Gasteiger partial charge in [-0.05, 0) is 31.6 Å². The van der Waals surface area contributed by atoms with Crippen molar-refractivity contribution in [3.63, 3.8) is 0 Å². The van der Waals surface area contributed by atoms with Crippen LogP contribution in [0.1, 0.15) is 52.9 Å². The van der Waals surface area contributed by atoms with E-state index < -0.39 is 12.0 Å². The Labute approximate surface area is 108 Å². The quantitative estimate of drug-likeness (QED) is 0.681. The zero-order valence-electron chi connectivity index (χ0n) is 11.5. The zero-order chi connectivity index (χ0) is 13.8. The van der Waals surface area contributed by atoms with Gasteiger partial charge in [-0.1, -0.05) is 27.2 Å². The van der Waals surface area contributed by atoms with Gasteiger partial charge in [0.2, 0.25) is 0 Å². The highest BCUT2D eigenvalue weighted by molar-refractivity contribution is 5.83. The molecule has 0 bridgehead atoms. The summed E-state index contributed by atoms with van der Waals surface area (Å²) in [6.07, 6.45) is 4.70. The van der Waals surface area contributed by atoms with Gasteiger partial charge in [0.15, 0.2) is 0 Å². The van der Waals surface area contributed by atoms with Crippen LogP contribution in [0.5, 0.6) is 0 Å². The van der Waals surface area contributed by atoms with E-state index in [9.17, 15) is 9.59 Å². The number of rotatable bonds is 6. The van der Waals surface area contributed by atoms with Crippen LogP contribution in [0.25, 0.3) is 0 Å². The van der Waals surface area contributed by atoms with Crippen molar-refractivity contribution in [3.05, 3.63) is 0 Å². The summed E-state index contributed by atoms with van der Waals surface area (Å²) in [6.45, 7) is 5.79. The predicted molar refractivity (Wildman–Crippen MR) is 69.4 cm³/mol. The third-order valence-electron chi connectivity index (χ3n) is 4.13. The monoisotopic (exact) mass is 256 g/mol. The summed E-state index contributed by atoms with van der Waals surface area (Å²) in [5.41, 5.74) is -0.109. The Bertz CT molecular complexity index is 308. The number of carboxylic acids is 1. The molecule has 0 heterocycles. The van der Waals surface area contributed by atoms with Gasteiger partial charge in [-0.15, -0.1) is 0 Å². The molecule has 0 spiro atoms. The molecule has 1 rings (SSSR count). The standard InChI is InChI=1S/C13H24N2O3/c1-4-9(3)10(11(16)17)14-12(18)15-13(5-2)7-6-8-13/h9-10H,4-8H2,1-3H3,(H,16,17)(H2,14,15,18). The molecular weight excluding hydrogens is 232 g/mol. The van der Waals surface area contributed by atoms with E-state index >= 15 is 0 Å². The van der Waals surface area contributed by atoms with Gasteiger partial charge in [0, 0.05) is 5.54 Å². The molecule has 0 saturated heterocycles. The summed E-state index contributed by atoms with van der Waals surface area (Å²) < 4.78 is 0. The lowest BCUT2D eigenvalue weighted by Gasteiger charge is -2.42. The first-order chi connectivity index (χ1) is 8.44. The Morgan fingerprint density at radius 3 is 2.28 bits per heavy atom. The van der Waals surface area contributed by atoms with Gasteiger partial charge in [-0.2, -0.15) is 0 Å². The van der Waals surface area contributed by atoms with Crippen molar-refractivity contribution in [2.24, 2.45) is 5.92 Å². The second-order valence-corrected chi connectivity index (χ2v) is 5.29. The van der Waals surface area contributed by atoms with E-state index in [1.165, 1.54) is 0 Å². The van der Waals surface area contributed by atoms with Crippen LogP contribution in [-0.2, 0) is 4.79 Å². The summed E-state index contributed by atoms with van der Waals surface area (Å²) in [5, 5.41) is 14.6. The van der Waals surface area contributed by atoms with Crippen molar-refractivity contribution in [2.75, 3.05) is 0 Å². The second-order valence-electron chi connectivity index (χ2n) is 5.29. The number of amides is 2. The highest BCUT2D eigenvalue weighted by Gasteiger charge is 2.37. The molecule has 2 amide bonds. The number of carbonyl (C=O) groups is 2. The fraction of sp³-hybridized carbons (Fsp3) is 0.846. The summed E-state index contributed by atoms with van der Waals surface area (Å²) in [4.78, 5) is 23.0. The third kappa shape index (κ3) is 3.37. The lowest BCUT2D eigenvalue weighted by atomic mass is 9.75. The van der Waals surface area contributed by atoms with Crippen molar-refractivity contribution >= 4 is 12.0 Å². The lowest BCUT2D eigenvalue weighted by molar-refractivity contribution is -0.140. The molecule has 5 nitrogen and oxygen atoms in total. The molecule has 0 aromatic carbocycles. The molecule has 18 heavy (non-hydrogen) atoms. The number of hydrogen-bond acceptors (Lipinski definition) is 2. The minimum atomic E-state index is -0.973.